The number of aromatic nitrogens is 3. The molecule has 2 aromatic carbocycles. The highest BCUT2D eigenvalue weighted by atomic mass is 32.2. The van der Waals surface area contributed by atoms with Crippen molar-refractivity contribution in [2.24, 2.45) is 7.05 Å². The lowest BCUT2D eigenvalue weighted by molar-refractivity contribution is -0.129. The number of carbonyl (C=O) groups excluding carboxylic acids is 1. The summed E-state index contributed by atoms with van der Waals surface area (Å²) in [6.07, 6.45) is 1.95. The molecule has 166 valence electrons. The first kappa shape index (κ1) is 20.9. The zero-order valence-corrected chi connectivity index (χ0v) is 19.1. The Kier molecular flexibility index (Phi) is 5.78. The Morgan fingerprint density at radius 3 is 2.81 bits per heavy atom. The second-order valence-corrected chi connectivity index (χ2v) is 9.11. The summed E-state index contributed by atoms with van der Waals surface area (Å²) < 4.78 is 13.3. The van der Waals surface area contributed by atoms with Gasteiger partial charge in [0.05, 0.1) is 11.8 Å². The largest absolute Gasteiger partial charge is 0.486 e. The zero-order chi connectivity index (χ0) is 22.1. The van der Waals surface area contributed by atoms with Gasteiger partial charge in [0.25, 0.3) is 0 Å². The van der Waals surface area contributed by atoms with Crippen LogP contribution < -0.4 is 9.47 Å². The van der Waals surface area contributed by atoms with Gasteiger partial charge in [-0.2, -0.15) is 0 Å². The molecule has 2 aliphatic heterocycles. The molecule has 5 rings (SSSR count). The van der Waals surface area contributed by atoms with Gasteiger partial charge in [-0.15, -0.1) is 10.2 Å². The molecule has 0 aliphatic carbocycles. The fourth-order valence-electron chi connectivity index (χ4n) is 4.36. The molecule has 2 aliphatic rings. The van der Waals surface area contributed by atoms with Crippen LogP contribution in [-0.4, -0.2) is 51.1 Å². The van der Waals surface area contributed by atoms with Gasteiger partial charge in [0.15, 0.2) is 22.5 Å². The van der Waals surface area contributed by atoms with Gasteiger partial charge in [-0.25, -0.2) is 0 Å². The third kappa shape index (κ3) is 4.07. The Bertz CT molecular complexity index is 1150. The van der Waals surface area contributed by atoms with Gasteiger partial charge >= 0.3 is 0 Å². The molecule has 0 spiro atoms. The SMILES string of the molecule is Cc1cccc(-c2nnc(SCC(=O)N3CCCC3c3ccc4c(c3)OCCO4)n2C)c1. The molecule has 1 atom stereocenters. The van der Waals surface area contributed by atoms with E-state index in [1.165, 1.54) is 17.3 Å². The van der Waals surface area contributed by atoms with E-state index in [2.05, 4.69) is 29.3 Å². The molecular weight excluding hydrogens is 424 g/mol. The van der Waals surface area contributed by atoms with Gasteiger partial charge in [0.1, 0.15) is 13.2 Å². The van der Waals surface area contributed by atoms with Gasteiger partial charge in [-0.1, -0.05) is 41.6 Å². The lowest BCUT2D eigenvalue weighted by atomic mass is 10.0. The Morgan fingerprint density at radius 1 is 1.12 bits per heavy atom. The highest BCUT2D eigenvalue weighted by molar-refractivity contribution is 7.99. The first-order valence-corrected chi connectivity index (χ1v) is 11.9. The molecule has 1 aromatic heterocycles. The van der Waals surface area contributed by atoms with Gasteiger partial charge in [0.2, 0.25) is 5.91 Å². The monoisotopic (exact) mass is 450 g/mol. The number of ether oxygens (including phenoxy) is 2. The topological polar surface area (TPSA) is 69.5 Å². The van der Waals surface area contributed by atoms with Crippen molar-refractivity contribution in [3.8, 4) is 22.9 Å². The number of benzene rings is 2. The number of aryl methyl sites for hydroxylation is 1. The fourth-order valence-corrected chi connectivity index (χ4v) is 5.16. The quantitative estimate of drug-likeness (QED) is 0.547. The first-order valence-electron chi connectivity index (χ1n) is 10.9. The van der Waals surface area contributed by atoms with Crippen LogP contribution in [0.2, 0.25) is 0 Å². The van der Waals surface area contributed by atoms with Crippen LogP contribution >= 0.6 is 11.8 Å². The Morgan fingerprint density at radius 2 is 1.97 bits per heavy atom. The minimum Gasteiger partial charge on any atom is -0.486 e. The van der Waals surface area contributed by atoms with Crippen molar-refractivity contribution in [2.75, 3.05) is 25.5 Å². The van der Waals surface area contributed by atoms with Crippen LogP contribution in [0.15, 0.2) is 47.6 Å². The van der Waals surface area contributed by atoms with Crippen molar-refractivity contribution in [1.29, 1.82) is 0 Å². The van der Waals surface area contributed by atoms with E-state index in [0.29, 0.717) is 19.0 Å². The van der Waals surface area contributed by atoms with E-state index < -0.39 is 0 Å². The van der Waals surface area contributed by atoms with Crippen molar-refractivity contribution >= 4 is 17.7 Å². The Labute approximate surface area is 191 Å². The summed E-state index contributed by atoms with van der Waals surface area (Å²) in [6.45, 7) is 3.96. The lowest BCUT2D eigenvalue weighted by Gasteiger charge is -2.26. The second kappa shape index (κ2) is 8.86. The highest BCUT2D eigenvalue weighted by Crippen LogP contribution is 2.38. The number of carbonyl (C=O) groups is 1. The zero-order valence-electron chi connectivity index (χ0n) is 18.3. The molecule has 3 heterocycles. The summed E-state index contributed by atoms with van der Waals surface area (Å²) in [7, 11) is 1.94. The molecular formula is C24H26N4O3S. The maximum absolute atomic E-state index is 13.1. The molecule has 7 nitrogen and oxygen atoms in total. The maximum Gasteiger partial charge on any atom is 0.233 e. The van der Waals surface area contributed by atoms with Gasteiger partial charge < -0.3 is 18.9 Å². The van der Waals surface area contributed by atoms with Crippen LogP contribution in [0.4, 0.5) is 0 Å². The molecule has 3 aromatic rings. The highest BCUT2D eigenvalue weighted by Gasteiger charge is 2.31. The molecule has 1 amide bonds. The molecule has 0 radical (unpaired) electrons. The van der Waals surface area contributed by atoms with E-state index in [0.717, 1.165) is 53.0 Å². The number of nitrogens with zero attached hydrogens (tertiary/aromatic N) is 4. The van der Waals surface area contributed by atoms with E-state index in [9.17, 15) is 4.79 Å². The lowest BCUT2D eigenvalue weighted by Crippen LogP contribution is -2.32. The van der Waals surface area contributed by atoms with Gasteiger partial charge in [-0.05, 0) is 43.5 Å². The fraction of sp³-hybridized carbons (Fsp3) is 0.375. The van der Waals surface area contributed by atoms with Crippen LogP contribution in [0.1, 0.15) is 30.0 Å². The van der Waals surface area contributed by atoms with Crippen LogP contribution in [0.5, 0.6) is 11.5 Å². The number of hydrogen-bond acceptors (Lipinski definition) is 6. The minimum absolute atomic E-state index is 0.0706. The number of hydrogen-bond donors (Lipinski definition) is 0. The van der Waals surface area contributed by atoms with Crippen molar-refractivity contribution in [2.45, 2.75) is 31.0 Å². The van der Waals surface area contributed by atoms with Crippen molar-refractivity contribution < 1.29 is 14.3 Å². The molecule has 1 unspecified atom stereocenters. The van der Waals surface area contributed by atoms with E-state index in [1.54, 1.807) is 0 Å². The normalized spacial score (nSPS) is 17.6. The van der Waals surface area contributed by atoms with Crippen LogP contribution in [0.3, 0.4) is 0 Å². The van der Waals surface area contributed by atoms with Crippen molar-refractivity contribution in [1.82, 2.24) is 19.7 Å². The van der Waals surface area contributed by atoms with Crippen LogP contribution in [0, 0.1) is 6.92 Å². The molecule has 0 saturated carbocycles. The molecule has 8 heteroatoms. The average molecular weight is 451 g/mol. The number of amides is 1. The maximum atomic E-state index is 13.1. The molecule has 0 bridgehead atoms. The van der Waals surface area contributed by atoms with E-state index >= 15 is 0 Å². The predicted octanol–water partition coefficient (Wildman–Crippen LogP) is 4.02. The molecule has 1 saturated heterocycles. The summed E-state index contributed by atoms with van der Waals surface area (Å²) >= 11 is 1.44. The van der Waals surface area contributed by atoms with Crippen LogP contribution in [-0.2, 0) is 11.8 Å². The summed E-state index contributed by atoms with van der Waals surface area (Å²) in [5, 5.41) is 9.41. The van der Waals surface area contributed by atoms with Crippen molar-refractivity contribution in [3.05, 3.63) is 53.6 Å². The minimum atomic E-state index is 0.0706. The van der Waals surface area contributed by atoms with E-state index in [1.807, 2.05) is 46.8 Å². The summed E-state index contributed by atoms with van der Waals surface area (Å²) in [5.41, 5.74) is 3.30. The number of fused-ring (bicyclic) bond motifs is 1. The summed E-state index contributed by atoms with van der Waals surface area (Å²) in [4.78, 5) is 15.1. The third-order valence-electron chi connectivity index (χ3n) is 5.96. The number of thioether (sulfide) groups is 1. The second-order valence-electron chi connectivity index (χ2n) is 8.17. The Hall–Kier alpha value is -3.00. The molecule has 32 heavy (non-hydrogen) atoms. The predicted molar refractivity (Wildman–Crippen MR) is 123 cm³/mol. The smallest absolute Gasteiger partial charge is 0.233 e. The standard InChI is InChI=1S/C24H26N4O3S/c1-16-5-3-6-18(13-16)23-25-26-24(27(23)2)32-15-22(29)28-10-4-7-19(28)17-8-9-20-21(14-17)31-12-11-30-20/h3,5-6,8-9,13-14,19H,4,7,10-12,15H2,1-2H3. The van der Waals surface area contributed by atoms with Crippen molar-refractivity contribution in [3.63, 3.8) is 0 Å². The van der Waals surface area contributed by atoms with Gasteiger partial charge in [0, 0.05) is 19.2 Å². The molecule has 0 N–H and O–H groups in total. The third-order valence-corrected chi connectivity index (χ3v) is 6.97. The molecule has 1 fully saturated rings. The van der Waals surface area contributed by atoms with E-state index in [-0.39, 0.29) is 11.9 Å². The first-order chi connectivity index (χ1) is 15.6. The van der Waals surface area contributed by atoms with E-state index in [4.69, 9.17) is 9.47 Å². The van der Waals surface area contributed by atoms with Crippen LogP contribution in [0.25, 0.3) is 11.4 Å². The summed E-state index contributed by atoms with van der Waals surface area (Å²) in [5.74, 6) is 2.80. The number of rotatable bonds is 5. The Balaban J connectivity index is 1.27. The van der Waals surface area contributed by atoms with Gasteiger partial charge in [-0.3, -0.25) is 4.79 Å². The summed E-state index contributed by atoms with van der Waals surface area (Å²) in [6, 6.07) is 14.3. The average Bonchev–Trinajstić information content (AvgIpc) is 3.44. The number of likely N-dealkylation sites (tertiary alicyclic amines) is 1.